The van der Waals surface area contributed by atoms with Crippen LogP contribution in [0.25, 0.3) is 0 Å². The molecule has 1 atom stereocenters. The SMILES string of the molecule is O=C(C(Cl)c1cc(Br)c2c(c1)OCCO2)N1CCCCC1. The molecule has 1 saturated heterocycles. The number of benzene rings is 1. The van der Waals surface area contributed by atoms with Crippen LogP contribution < -0.4 is 9.47 Å². The Morgan fingerprint density at radius 3 is 2.67 bits per heavy atom. The second-order valence-corrected chi connectivity index (χ2v) is 6.57. The van der Waals surface area contributed by atoms with Crippen molar-refractivity contribution in [2.75, 3.05) is 26.3 Å². The number of hydrogen-bond donors (Lipinski definition) is 0. The molecule has 21 heavy (non-hydrogen) atoms. The Morgan fingerprint density at radius 2 is 1.90 bits per heavy atom. The average molecular weight is 375 g/mol. The van der Waals surface area contributed by atoms with Gasteiger partial charge in [-0.15, -0.1) is 11.6 Å². The van der Waals surface area contributed by atoms with Gasteiger partial charge in [0.2, 0.25) is 5.91 Å². The minimum atomic E-state index is -0.685. The molecule has 1 amide bonds. The van der Waals surface area contributed by atoms with E-state index in [-0.39, 0.29) is 5.91 Å². The summed E-state index contributed by atoms with van der Waals surface area (Å²) in [6.45, 7) is 2.64. The predicted octanol–water partition coefficient (Wildman–Crippen LogP) is 3.51. The molecule has 0 bridgehead atoms. The fourth-order valence-corrected chi connectivity index (χ4v) is 3.53. The van der Waals surface area contributed by atoms with Gasteiger partial charge in [-0.3, -0.25) is 4.79 Å². The van der Waals surface area contributed by atoms with Crippen molar-refractivity contribution >= 4 is 33.4 Å². The third-order valence-corrected chi connectivity index (χ3v) is 4.82. The van der Waals surface area contributed by atoms with Gasteiger partial charge >= 0.3 is 0 Å². The van der Waals surface area contributed by atoms with Crippen molar-refractivity contribution < 1.29 is 14.3 Å². The summed E-state index contributed by atoms with van der Waals surface area (Å²) in [5.41, 5.74) is 0.739. The zero-order valence-electron chi connectivity index (χ0n) is 11.6. The van der Waals surface area contributed by atoms with Crippen molar-refractivity contribution in [3.63, 3.8) is 0 Å². The van der Waals surface area contributed by atoms with E-state index in [2.05, 4.69) is 15.9 Å². The topological polar surface area (TPSA) is 38.8 Å². The van der Waals surface area contributed by atoms with E-state index in [1.54, 1.807) is 6.07 Å². The predicted molar refractivity (Wildman–Crippen MR) is 84.2 cm³/mol. The van der Waals surface area contributed by atoms with Crippen LogP contribution >= 0.6 is 27.5 Å². The molecule has 0 N–H and O–H groups in total. The van der Waals surface area contributed by atoms with Gasteiger partial charge in [0.05, 0.1) is 4.47 Å². The number of fused-ring (bicyclic) bond motifs is 1. The van der Waals surface area contributed by atoms with E-state index in [1.165, 1.54) is 6.42 Å². The second-order valence-electron chi connectivity index (χ2n) is 5.28. The van der Waals surface area contributed by atoms with E-state index in [1.807, 2.05) is 11.0 Å². The van der Waals surface area contributed by atoms with Crippen molar-refractivity contribution in [2.24, 2.45) is 0 Å². The largest absolute Gasteiger partial charge is 0.486 e. The van der Waals surface area contributed by atoms with Crippen LogP contribution in [0.15, 0.2) is 16.6 Å². The third-order valence-electron chi connectivity index (χ3n) is 3.80. The number of carbonyl (C=O) groups is 1. The summed E-state index contributed by atoms with van der Waals surface area (Å²) in [4.78, 5) is 14.3. The molecule has 1 aromatic carbocycles. The van der Waals surface area contributed by atoms with Crippen LogP contribution in [0.2, 0.25) is 0 Å². The molecule has 114 valence electrons. The van der Waals surface area contributed by atoms with Crippen LogP contribution in [-0.2, 0) is 4.79 Å². The minimum absolute atomic E-state index is 0.0278. The summed E-state index contributed by atoms with van der Waals surface area (Å²) in [7, 11) is 0. The molecule has 1 fully saturated rings. The van der Waals surface area contributed by atoms with E-state index in [9.17, 15) is 4.79 Å². The van der Waals surface area contributed by atoms with Crippen LogP contribution in [0.1, 0.15) is 30.2 Å². The lowest BCUT2D eigenvalue weighted by atomic mass is 10.1. The molecule has 2 aliphatic heterocycles. The van der Waals surface area contributed by atoms with E-state index in [0.717, 1.165) is 36.0 Å². The smallest absolute Gasteiger partial charge is 0.245 e. The maximum absolute atomic E-state index is 12.5. The first-order chi connectivity index (χ1) is 10.2. The summed E-state index contributed by atoms with van der Waals surface area (Å²) in [6.07, 6.45) is 3.30. The van der Waals surface area contributed by atoms with Crippen LogP contribution in [0.5, 0.6) is 11.5 Å². The highest BCUT2D eigenvalue weighted by molar-refractivity contribution is 9.10. The van der Waals surface area contributed by atoms with Crippen LogP contribution in [0.4, 0.5) is 0 Å². The van der Waals surface area contributed by atoms with Crippen LogP contribution in [0, 0.1) is 0 Å². The number of rotatable bonds is 2. The minimum Gasteiger partial charge on any atom is -0.486 e. The molecule has 1 aromatic rings. The first-order valence-corrected chi connectivity index (χ1v) is 8.41. The number of piperidine rings is 1. The molecule has 0 saturated carbocycles. The zero-order chi connectivity index (χ0) is 14.8. The van der Waals surface area contributed by atoms with Crippen LogP contribution in [0.3, 0.4) is 0 Å². The fourth-order valence-electron chi connectivity index (χ4n) is 2.69. The Hall–Kier alpha value is -0.940. The molecule has 0 spiro atoms. The van der Waals surface area contributed by atoms with Gasteiger partial charge in [0, 0.05) is 13.1 Å². The molecule has 3 rings (SSSR count). The molecule has 0 aliphatic carbocycles. The van der Waals surface area contributed by atoms with Crippen molar-refractivity contribution in [2.45, 2.75) is 24.6 Å². The number of nitrogens with zero attached hydrogens (tertiary/aromatic N) is 1. The van der Waals surface area contributed by atoms with Gasteiger partial charge in [-0.25, -0.2) is 0 Å². The Bertz CT molecular complexity index is 546. The molecule has 0 aromatic heterocycles. The molecular formula is C15H17BrClNO3. The first kappa shape index (κ1) is 15.0. The van der Waals surface area contributed by atoms with Gasteiger partial charge in [-0.2, -0.15) is 0 Å². The molecular weight excluding hydrogens is 358 g/mol. The summed E-state index contributed by atoms with van der Waals surface area (Å²) >= 11 is 9.85. The summed E-state index contributed by atoms with van der Waals surface area (Å²) in [6, 6.07) is 3.64. The van der Waals surface area contributed by atoms with Crippen molar-refractivity contribution in [3.8, 4) is 11.5 Å². The summed E-state index contributed by atoms with van der Waals surface area (Å²) < 4.78 is 11.9. The number of halogens is 2. The standard InChI is InChI=1S/C15H17BrClNO3/c16-11-8-10(9-12-14(11)21-7-6-20-12)13(17)15(19)18-4-2-1-3-5-18/h8-9,13H,1-7H2. The van der Waals surface area contributed by atoms with E-state index in [0.29, 0.717) is 24.7 Å². The maximum Gasteiger partial charge on any atom is 0.245 e. The number of likely N-dealkylation sites (tertiary alicyclic amines) is 1. The van der Waals surface area contributed by atoms with Crippen molar-refractivity contribution in [1.82, 2.24) is 4.90 Å². The molecule has 2 aliphatic rings. The highest BCUT2D eigenvalue weighted by atomic mass is 79.9. The normalized spacial score (nSPS) is 19.2. The zero-order valence-corrected chi connectivity index (χ0v) is 14.0. The fraction of sp³-hybridized carbons (Fsp3) is 0.533. The summed E-state index contributed by atoms with van der Waals surface area (Å²) in [5.74, 6) is 1.29. The Morgan fingerprint density at radius 1 is 1.19 bits per heavy atom. The number of hydrogen-bond acceptors (Lipinski definition) is 3. The summed E-state index contributed by atoms with van der Waals surface area (Å²) in [5, 5.41) is -0.685. The van der Waals surface area contributed by atoms with Gasteiger partial charge in [0.25, 0.3) is 0 Å². The number of ether oxygens (including phenoxy) is 2. The average Bonchev–Trinajstić information content (AvgIpc) is 2.54. The highest BCUT2D eigenvalue weighted by Gasteiger charge is 2.27. The number of amides is 1. The number of carbonyl (C=O) groups excluding carboxylic acids is 1. The van der Waals surface area contributed by atoms with Gasteiger partial charge in [-0.05, 0) is 52.9 Å². The van der Waals surface area contributed by atoms with Gasteiger partial charge in [-0.1, -0.05) is 0 Å². The molecule has 1 unspecified atom stereocenters. The van der Waals surface area contributed by atoms with Gasteiger partial charge in [0.1, 0.15) is 18.6 Å². The Labute approximate surface area is 137 Å². The van der Waals surface area contributed by atoms with Crippen molar-refractivity contribution in [1.29, 1.82) is 0 Å². The molecule has 4 nitrogen and oxygen atoms in total. The third kappa shape index (κ3) is 3.14. The van der Waals surface area contributed by atoms with Gasteiger partial charge < -0.3 is 14.4 Å². The molecule has 0 radical (unpaired) electrons. The molecule has 6 heteroatoms. The lowest BCUT2D eigenvalue weighted by Crippen LogP contribution is -2.37. The lowest BCUT2D eigenvalue weighted by Gasteiger charge is -2.29. The molecule has 2 heterocycles. The van der Waals surface area contributed by atoms with E-state index in [4.69, 9.17) is 21.1 Å². The quantitative estimate of drug-likeness (QED) is 0.744. The monoisotopic (exact) mass is 373 g/mol. The van der Waals surface area contributed by atoms with Gasteiger partial charge in [0.15, 0.2) is 11.5 Å². The van der Waals surface area contributed by atoms with Crippen molar-refractivity contribution in [3.05, 3.63) is 22.2 Å². The highest BCUT2D eigenvalue weighted by Crippen LogP contribution is 2.41. The number of alkyl halides is 1. The van der Waals surface area contributed by atoms with E-state index >= 15 is 0 Å². The van der Waals surface area contributed by atoms with E-state index < -0.39 is 5.38 Å². The van der Waals surface area contributed by atoms with Crippen LogP contribution in [-0.4, -0.2) is 37.1 Å². The second kappa shape index (κ2) is 6.44. The Kier molecular flexibility index (Phi) is 4.60. The first-order valence-electron chi connectivity index (χ1n) is 7.19. The maximum atomic E-state index is 12.5. The lowest BCUT2D eigenvalue weighted by molar-refractivity contribution is -0.131. The Balaban J connectivity index is 1.82.